The Morgan fingerprint density at radius 1 is 1.17 bits per heavy atom. The van der Waals surface area contributed by atoms with Gasteiger partial charge in [-0.1, -0.05) is 37.6 Å². The molecule has 1 spiro atoms. The van der Waals surface area contributed by atoms with Crippen LogP contribution in [0.4, 0.5) is 11.4 Å². The zero-order chi connectivity index (χ0) is 29.7. The van der Waals surface area contributed by atoms with E-state index in [1.165, 1.54) is 4.90 Å². The molecule has 0 saturated carbocycles. The number of nitrogens with one attached hydrogen (secondary N) is 2. The van der Waals surface area contributed by atoms with Crippen molar-refractivity contribution in [3.63, 3.8) is 0 Å². The number of amides is 3. The highest BCUT2D eigenvalue weighted by Gasteiger charge is 2.80. The fourth-order valence-corrected chi connectivity index (χ4v) is 7.46. The predicted molar refractivity (Wildman–Crippen MR) is 156 cm³/mol. The maximum Gasteiger partial charge on any atom is 0.250 e. The van der Waals surface area contributed by atoms with Gasteiger partial charge in [-0.3, -0.25) is 14.4 Å². The molecule has 7 atom stereocenters. The van der Waals surface area contributed by atoms with Crippen molar-refractivity contribution in [2.45, 2.75) is 70.7 Å². The first-order chi connectivity index (χ1) is 19.5. The molecule has 220 valence electrons. The van der Waals surface area contributed by atoms with Gasteiger partial charge in [0, 0.05) is 5.69 Å². The number of aryl methyl sites for hydroxylation is 1. The van der Waals surface area contributed by atoms with Gasteiger partial charge in [-0.25, -0.2) is 0 Å². The van der Waals surface area contributed by atoms with Crippen molar-refractivity contribution in [1.29, 1.82) is 0 Å². The topological polar surface area (TPSA) is 117 Å². The predicted octanol–water partition coefficient (Wildman–Crippen LogP) is 4.41. The summed E-state index contributed by atoms with van der Waals surface area (Å²) in [6.07, 6.45) is 0.848. The highest BCUT2D eigenvalue weighted by molar-refractivity contribution is 6.34. The number of hydrogen-bond donors (Lipinski definition) is 3. The van der Waals surface area contributed by atoms with Crippen LogP contribution in [0.2, 0.25) is 5.02 Å². The van der Waals surface area contributed by atoms with Gasteiger partial charge in [0.25, 0.3) is 0 Å². The summed E-state index contributed by atoms with van der Waals surface area (Å²) in [5.41, 5.74) is -0.413. The standard InChI is InChI=1S/C31H38ClN3O6/c1-6-20(16-36)35-26(28(38)34-25-17(3)9-8-10-22(25)32)31-15-18(4)30(5,41-31)23(24(31)29(35)39)27(37)33-19-11-13-21(14-12-19)40-7-2/h8-14,18,20,23-24,26,36H,6-7,15-16H2,1-5H3,(H,33,37)(H,34,38)/t18?,20-,23+,24-,26?,30-,31?/m0/s1. The minimum Gasteiger partial charge on any atom is -0.494 e. The maximum atomic E-state index is 14.3. The van der Waals surface area contributed by atoms with Gasteiger partial charge in [0.05, 0.1) is 47.4 Å². The Balaban J connectivity index is 1.53. The Kier molecular flexibility index (Phi) is 7.82. The third-order valence-electron chi connectivity index (χ3n) is 9.26. The van der Waals surface area contributed by atoms with Crippen molar-refractivity contribution in [2.24, 2.45) is 17.8 Å². The molecule has 3 aliphatic rings. The Bertz CT molecular complexity index is 1330. The van der Waals surface area contributed by atoms with E-state index in [-0.39, 0.29) is 24.3 Å². The van der Waals surface area contributed by atoms with E-state index in [2.05, 4.69) is 10.6 Å². The maximum absolute atomic E-state index is 14.3. The molecular formula is C31H38ClN3O6. The normalized spacial score (nSPS) is 30.7. The fraction of sp³-hybridized carbons (Fsp3) is 0.516. The van der Waals surface area contributed by atoms with Crippen molar-refractivity contribution < 1.29 is 29.0 Å². The average molecular weight is 584 g/mol. The van der Waals surface area contributed by atoms with Crippen LogP contribution in [0.25, 0.3) is 0 Å². The summed E-state index contributed by atoms with van der Waals surface area (Å²) in [6.45, 7) is 9.65. The number of aliphatic hydroxyl groups excluding tert-OH is 1. The van der Waals surface area contributed by atoms with E-state index in [9.17, 15) is 19.5 Å². The minimum absolute atomic E-state index is 0.117. The fourth-order valence-electron chi connectivity index (χ4n) is 7.19. The number of likely N-dealkylation sites (tertiary alicyclic amines) is 1. The van der Waals surface area contributed by atoms with Gasteiger partial charge in [-0.05, 0) is 75.4 Å². The van der Waals surface area contributed by atoms with Gasteiger partial charge in [0.1, 0.15) is 17.4 Å². The molecule has 3 amide bonds. The molecular weight excluding hydrogens is 546 g/mol. The summed E-state index contributed by atoms with van der Waals surface area (Å²) in [5.74, 6) is -2.32. The molecule has 3 N–H and O–H groups in total. The van der Waals surface area contributed by atoms with Gasteiger partial charge >= 0.3 is 0 Å². The molecule has 0 aromatic heterocycles. The average Bonchev–Trinajstić information content (AvgIpc) is 3.45. The van der Waals surface area contributed by atoms with Crippen LogP contribution in [0.5, 0.6) is 5.75 Å². The molecule has 3 saturated heterocycles. The van der Waals surface area contributed by atoms with E-state index in [0.29, 0.717) is 41.6 Å². The van der Waals surface area contributed by atoms with Gasteiger partial charge in [0.2, 0.25) is 17.7 Å². The van der Waals surface area contributed by atoms with E-state index >= 15 is 0 Å². The van der Waals surface area contributed by atoms with E-state index < -0.39 is 41.0 Å². The van der Waals surface area contributed by atoms with Gasteiger partial charge in [-0.15, -0.1) is 0 Å². The van der Waals surface area contributed by atoms with Crippen LogP contribution in [0.1, 0.15) is 46.1 Å². The number of hydrogen-bond acceptors (Lipinski definition) is 6. The molecule has 41 heavy (non-hydrogen) atoms. The molecule has 5 rings (SSSR count). The summed E-state index contributed by atoms with van der Waals surface area (Å²) < 4.78 is 12.3. The second kappa shape index (κ2) is 10.9. The molecule has 9 nitrogen and oxygen atoms in total. The molecule has 3 heterocycles. The lowest BCUT2D eigenvalue weighted by atomic mass is 9.62. The van der Waals surface area contributed by atoms with E-state index in [1.54, 1.807) is 36.4 Å². The van der Waals surface area contributed by atoms with Crippen LogP contribution < -0.4 is 15.4 Å². The van der Waals surface area contributed by atoms with Crippen LogP contribution in [0, 0.1) is 24.7 Å². The van der Waals surface area contributed by atoms with Crippen molar-refractivity contribution in [3.05, 3.63) is 53.1 Å². The summed E-state index contributed by atoms with van der Waals surface area (Å²) in [6, 6.07) is 10.7. The third-order valence-corrected chi connectivity index (χ3v) is 9.58. The molecule has 3 aliphatic heterocycles. The first kappa shape index (κ1) is 29.4. The lowest BCUT2D eigenvalue weighted by molar-refractivity contribution is -0.148. The first-order valence-corrected chi connectivity index (χ1v) is 14.6. The summed E-state index contributed by atoms with van der Waals surface area (Å²) in [5, 5.41) is 16.6. The van der Waals surface area contributed by atoms with Gasteiger partial charge in [0.15, 0.2) is 0 Å². The molecule has 3 fully saturated rings. The van der Waals surface area contributed by atoms with Crippen LogP contribution >= 0.6 is 11.6 Å². The number of benzene rings is 2. The SMILES string of the molecule is CCOc1ccc(NC(=O)[C@H]2[C@H]3C(=O)N([C@@H](CC)CO)C(C(=O)Nc4c(C)cccc4Cl)C34CC(C)[C@]2(C)O4)cc1. The van der Waals surface area contributed by atoms with Gasteiger partial charge < -0.3 is 30.1 Å². The quantitative estimate of drug-likeness (QED) is 0.403. The number of carbonyl (C=O) groups is 3. The second-order valence-corrected chi connectivity index (χ2v) is 12.0. The molecule has 2 aromatic carbocycles. The Hall–Kier alpha value is -3.14. The molecule has 0 radical (unpaired) electrons. The van der Waals surface area contributed by atoms with Crippen molar-refractivity contribution in [2.75, 3.05) is 23.8 Å². The summed E-state index contributed by atoms with van der Waals surface area (Å²) in [7, 11) is 0. The number of aliphatic hydroxyl groups is 1. The minimum atomic E-state index is -1.24. The number of para-hydroxylation sites is 1. The van der Waals surface area contributed by atoms with E-state index in [4.69, 9.17) is 21.1 Å². The number of nitrogens with zero attached hydrogens (tertiary/aromatic N) is 1. The largest absolute Gasteiger partial charge is 0.494 e. The number of ether oxygens (including phenoxy) is 2. The molecule has 2 aromatic rings. The van der Waals surface area contributed by atoms with Crippen molar-refractivity contribution in [3.8, 4) is 5.75 Å². The van der Waals surface area contributed by atoms with E-state index in [0.717, 1.165) is 5.56 Å². The molecule has 10 heteroatoms. The van der Waals surface area contributed by atoms with Gasteiger partial charge in [-0.2, -0.15) is 0 Å². The van der Waals surface area contributed by atoms with Crippen molar-refractivity contribution >= 4 is 40.7 Å². The highest BCUT2D eigenvalue weighted by Crippen LogP contribution is 2.65. The summed E-state index contributed by atoms with van der Waals surface area (Å²) in [4.78, 5) is 43.9. The van der Waals surface area contributed by atoms with Crippen LogP contribution in [-0.2, 0) is 19.1 Å². The highest BCUT2D eigenvalue weighted by atomic mass is 35.5. The van der Waals surface area contributed by atoms with Crippen LogP contribution in [0.15, 0.2) is 42.5 Å². The smallest absolute Gasteiger partial charge is 0.250 e. The molecule has 3 unspecified atom stereocenters. The first-order valence-electron chi connectivity index (χ1n) is 14.2. The summed E-state index contributed by atoms with van der Waals surface area (Å²) >= 11 is 6.44. The molecule has 0 aliphatic carbocycles. The van der Waals surface area contributed by atoms with Crippen LogP contribution in [-0.4, -0.2) is 64.2 Å². The Labute approximate surface area is 245 Å². The zero-order valence-corrected chi connectivity index (χ0v) is 24.8. The van der Waals surface area contributed by atoms with E-state index in [1.807, 2.05) is 40.7 Å². The Morgan fingerprint density at radius 2 is 1.88 bits per heavy atom. The van der Waals surface area contributed by atoms with Crippen LogP contribution in [0.3, 0.4) is 0 Å². The lowest BCUT2D eigenvalue weighted by Gasteiger charge is -2.36. The molecule has 2 bridgehead atoms. The second-order valence-electron chi connectivity index (χ2n) is 11.6. The lowest BCUT2D eigenvalue weighted by Crippen LogP contribution is -2.56. The number of halogens is 1. The number of fused-ring (bicyclic) bond motifs is 1. The zero-order valence-electron chi connectivity index (χ0n) is 24.1. The number of rotatable bonds is 9. The monoisotopic (exact) mass is 583 g/mol. The third kappa shape index (κ3) is 4.58. The number of carbonyl (C=O) groups excluding carboxylic acids is 3. The number of anilines is 2. The Morgan fingerprint density at radius 3 is 2.49 bits per heavy atom. The van der Waals surface area contributed by atoms with Crippen molar-refractivity contribution in [1.82, 2.24) is 4.90 Å².